The number of carboxylic acid groups (broad SMARTS) is 2. The molecular weight excluding hydrogens is 512 g/mol. The molecule has 12 nitrogen and oxygen atoms in total. The number of primary sulfonamides is 1. The average molecular weight is 543 g/mol. The summed E-state index contributed by atoms with van der Waals surface area (Å²) >= 11 is 1.29. The predicted molar refractivity (Wildman–Crippen MR) is 131 cm³/mol. The summed E-state index contributed by atoms with van der Waals surface area (Å²) in [5, 5.41) is 42.8. The Morgan fingerprint density at radius 2 is 1.86 bits per heavy atom. The van der Waals surface area contributed by atoms with Crippen LogP contribution in [0.2, 0.25) is 0 Å². The maximum Gasteiger partial charge on any atom is 0.352 e. The minimum absolute atomic E-state index is 0.0223. The number of hydrogen-bond donors (Lipinski definition) is 7. The number of hydrogen-bond acceptors (Lipinski definition) is 9. The van der Waals surface area contributed by atoms with Crippen LogP contribution in [0.5, 0.6) is 0 Å². The Labute approximate surface area is 212 Å². The van der Waals surface area contributed by atoms with Gasteiger partial charge in [0.05, 0.1) is 17.0 Å². The van der Waals surface area contributed by atoms with Crippen molar-refractivity contribution >= 4 is 39.6 Å². The van der Waals surface area contributed by atoms with Gasteiger partial charge in [-0.1, -0.05) is 19.1 Å². The zero-order valence-electron chi connectivity index (χ0n) is 19.7. The molecule has 0 bridgehead atoms. The molecule has 0 saturated carbocycles. The fourth-order valence-corrected chi connectivity index (χ4v) is 6.40. The quantitative estimate of drug-likeness (QED) is 0.198. The van der Waals surface area contributed by atoms with Gasteiger partial charge in [0, 0.05) is 35.2 Å². The smallest absolute Gasteiger partial charge is 0.352 e. The van der Waals surface area contributed by atoms with E-state index in [2.05, 4.69) is 16.0 Å². The number of nitrogens with one attached hydrogen (secondary N) is 3. The molecule has 0 radical (unpaired) electrons. The van der Waals surface area contributed by atoms with Gasteiger partial charge >= 0.3 is 11.9 Å². The summed E-state index contributed by atoms with van der Waals surface area (Å²) in [6, 6.07) is 4.55. The summed E-state index contributed by atoms with van der Waals surface area (Å²) < 4.78 is 22.7. The number of sulfonamides is 1. The number of aliphatic hydroxyl groups is 1. The number of carboxylic acids is 2. The average Bonchev–Trinajstić information content (AvgIpc) is 3.37. The first kappa shape index (κ1) is 27.9. The van der Waals surface area contributed by atoms with E-state index in [1.54, 1.807) is 19.1 Å². The van der Waals surface area contributed by atoms with Gasteiger partial charge in [0.2, 0.25) is 15.9 Å². The Hall–Kier alpha value is -2.65. The van der Waals surface area contributed by atoms with E-state index in [1.165, 1.54) is 30.8 Å². The van der Waals surface area contributed by atoms with Crippen LogP contribution in [0.4, 0.5) is 0 Å². The third-order valence-corrected chi connectivity index (χ3v) is 8.79. The molecule has 2 aliphatic heterocycles. The van der Waals surface area contributed by atoms with Gasteiger partial charge in [-0.05, 0) is 31.0 Å². The molecule has 2 aliphatic rings. The fourth-order valence-electron chi connectivity index (χ4n) is 4.43. The molecule has 8 N–H and O–H groups in total. The lowest BCUT2D eigenvalue weighted by Crippen LogP contribution is -2.45. The highest BCUT2D eigenvalue weighted by Crippen LogP contribution is 2.41. The van der Waals surface area contributed by atoms with E-state index >= 15 is 0 Å². The van der Waals surface area contributed by atoms with Gasteiger partial charge < -0.3 is 31.3 Å². The summed E-state index contributed by atoms with van der Waals surface area (Å²) in [5.41, 5.74) is 0.610. The molecule has 3 rings (SSSR count). The normalized spacial score (nSPS) is 25.8. The van der Waals surface area contributed by atoms with Crippen LogP contribution in [0.25, 0.3) is 0 Å². The molecule has 1 aromatic carbocycles. The summed E-state index contributed by atoms with van der Waals surface area (Å²) in [6.07, 6.45) is -0.757. The molecule has 0 aliphatic carbocycles. The number of aliphatic carboxylic acids is 2. The molecule has 0 spiro atoms. The van der Waals surface area contributed by atoms with Crippen molar-refractivity contribution in [3.05, 3.63) is 40.4 Å². The molecule has 1 saturated heterocycles. The van der Waals surface area contributed by atoms with Crippen molar-refractivity contribution in [1.82, 2.24) is 16.0 Å². The second kappa shape index (κ2) is 11.2. The van der Waals surface area contributed by atoms with Gasteiger partial charge in [-0.3, -0.25) is 9.59 Å². The first-order valence-electron chi connectivity index (χ1n) is 11.2. The summed E-state index contributed by atoms with van der Waals surface area (Å²) in [4.78, 5) is 36.6. The SMILES string of the molecule is CC1C(S[C@@H]2CN[C@H](C(=O)NCc3ccc(S(N)(=O)=O)cc3)C2)=C(C(=O)O)N[C@H]1[C@H](C(=O)O)[C@@H](C)O. The number of nitrogens with two attached hydrogens (primary N) is 1. The van der Waals surface area contributed by atoms with E-state index in [-0.39, 0.29) is 28.3 Å². The molecule has 14 heteroatoms. The molecule has 0 aromatic heterocycles. The number of benzene rings is 1. The van der Waals surface area contributed by atoms with Gasteiger partial charge in [-0.15, -0.1) is 11.8 Å². The van der Waals surface area contributed by atoms with Crippen LogP contribution in [0, 0.1) is 11.8 Å². The lowest BCUT2D eigenvalue weighted by molar-refractivity contribution is -0.147. The monoisotopic (exact) mass is 542 g/mol. The van der Waals surface area contributed by atoms with Crippen LogP contribution in [-0.2, 0) is 31.0 Å². The van der Waals surface area contributed by atoms with Gasteiger partial charge in [0.25, 0.3) is 0 Å². The number of carbonyl (C=O) groups excluding carboxylic acids is 1. The van der Waals surface area contributed by atoms with Gasteiger partial charge in [-0.25, -0.2) is 18.4 Å². The number of rotatable bonds is 10. The zero-order chi connectivity index (χ0) is 26.8. The standard InChI is InChI=1S/C22H30N4O8S2/c1-10-17(16(11(2)27)21(29)30)26-18(22(31)32)19(10)35-13-7-15(24-9-13)20(28)25-8-12-3-5-14(6-4-12)36(23,33)34/h3-6,10-11,13,15-17,24,26-27H,7-9H2,1-2H3,(H,25,28)(H,29,30)(H,31,32)(H2,23,33,34)/t10?,11-,13+,15+,16-,17-/m1/s1. The topological polar surface area (TPSA) is 208 Å². The Morgan fingerprint density at radius 1 is 1.22 bits per heavy atom. The van der Waals surface area contributed by atoms with Crippen molar-refractivity contribution < 1.29 is 38.1 Å². The second-order valence-corrected chi connectivity index (χ2v) is 11.9. The van der Waals surface area contributed by atoms with Crippen LogP contribution in [-0.4, -0.2) is 71.6 Å². The third kappa shape index (κ3) is 6.37. The molecule has 1 aromatic rings. The minimum atomic E-state index is -3.80. The third-order valence-electron chi connectivity index (χ3n) is 6.33. The van der Waals surface area contributed by atoms with Crippen LogP contribution < -0.4 is 21.1 Å². The number of thioether (sulfide) groups is 1. The van der Waals surface area contributed by atoms with E-state index in [0.717, 1.165) is 0 Å². The Balaban J connectivity index is 1.60. The van der Waals surface area contributed by atoms with E-state index in [9.17, 15) is 38.1 Å². The highest BCUT2D eigenvalue weighted by atomic mass is 32.2. The predicted octanol–water partition coefficient (Wildman–Crippen LogP) is -0.600. The highest BCUT2D eigenvalue weighted by molar-refractivity contribution is 8.03. The van der Waals surface area contributed by atoms with Gasteiger partial charge in [-0.2, -0.15) is 0 Å². The van der Waals surface area contributed by atoms with Crippen molar-refractivity contribution in [3.8, 4) is 0 Å². The van der Waals surface area contributed by atoms with Crippen molar-refractivity contribution in [2.45, 2.75) is 55.1 Å². The first-order valence-corrected chi connectivity index (χ1v) is 13.7. The number of aliphatic hydroxyl groups excluding tert-OH is 1. The van der Waals surface area contributed by atoms with Crippen LogP contribution in [0.3, 0.4) is 0 Å². The van der Waals surface area contributed by atoms with E-state index in [4.69, 9.17) is 5.14 Å². The Morgan fingerprint density at radius 3 is 2.39 bits per heavy atom. The molecule has 198 valence electrons. The van der Waals surface area contributed by atoms with Crippen molar-refractivity contribution in [2.75, 3.05) is 6.54 Å². The number of carbonyl (C=O) groups is 3. The maximum atomic E-state index is 12.6. The summed E-state index contributed by atoms with van der Waals surface area (Å²) in [7, 11) is -3.80. The molecule has 36 heavy (non-hydrogen) atoms. The molecule has 6 atom stereocenters. The maximum absolute atomic E-state index is 12.6. The van der Waals surface area contributed by atoms with Gasteiger partial charge in [0.1, 0.15) is 11.6 Å². The van der Waals surface area contributed by atoms with E-state index in [1.807, 2.05) is 0 Å². The summed E-state index contributed by atoms with van der Waals surface area (Å²) in [6.45, 7) is 3.71. The second-order valence-electron chi connectivity index (χ2n) is 8.95. The van der Waals surface area contributed by atoms with E-state index < -0.39 is 52.0 Å². The van der Waals surface area contributed by atoms with E-state index in [0.29, 0.717) is 23.4 Å². The lowest BCUT2D eigenvalue weighted by Gasteiger charge is -2.27. The minimum Gasteiger partial charge on any atom is -0.481 e. The van der Waals surface area contributed by atoms with Crippen molar-refractivity contribution in [1.29, 1.82) is 0 Å². The molecule has 1 fully saturated rings. The van der Waals surface area contributed by atoms with Crippen LogP contribution in [0.15, 0.2) is 39.8 Å². The Kier molecular flexibility index (Phi) is 8.67. The van der Waals surface area contributed by atoms with Crippen LogP contribution >= 0.6 is 11.8 Å². The van der Waals surface area contributed by atoms with Gasteiger partial charge in [0.15, 0.2) is 0 Å². The largest absolute Gasteiger partial charge is 0.481 e. The van der Waals surface area contributed by atoms with Crippen LogP contribution in [0.1, 0.15) is 25.8 Å². The molecule has 2 heterocycles. The molecular formula is C22H30N4O8S2. The number of amides is 1. The lowest BCUT2D eigenvalue weighted by atomic mass is 9.87. The zero-order valence-corrected chi connectivity index (χ0v) is 21.3. The van der Waals surface area contributed by atoms with Crippen molar-refractivity contribution in [3.63, 3.8) is 0 Å². The first-order chi connectivity index (χ1) is 16.8. The highest BCUT2D eigenvalue weighted by Gasteiger charge is 2.45. The Bertz CT molecular complexity index is 1150. The fraction of sp³-hybridized carbons (Fsp3) is 0.500. The summed E-state index contributed by atoms with van der Waals surface area (Å²) in [5.74, 6) is -4.34. The molecule has 1 unspecified atom stereocenters. The molecule has 1 amide bonds. The van der Waals surface area contributed by atoms with Crippen molar-refractivity contribution in [2.24, 2.45) is 17.0 Å².